The Morgan fingerprint density at radius 1 is 0.500 bits per heavy atom. The van der Waals surface area contributed by atoms with Crippen LogP contribution in [0.25, 0.3) is 71.9 Å². The maximum Gasteiger partial charge on any atom is 0.0998 e. The van der Waals surface area contributed by atoms with Crippen LogP contribution in [-0.2, 0) is 6.42 Å². The van der Waals surface area contributed by atoms with Crippen LogP contribution in [0.3, 0.4) is 0 Å². The maximum absolute atomic E-state index is 10.5. The van der Waals surface area contributed by atoms with E-state index in [9.17, 15) is 15.8 Å². The zero-order valence-corrected chi connectivity index (χ0v) is 26.9. The summed E-state index contributed by atoms with van der Waals surface area (Å²) < 4.78 is 4.52. The van der Waals surface area contributed by atoms with Gasteiger partial charge in [0.1, 0.15) is 0 Å². The number of aromatic nitrogens is 2. The predicted molar refractivity (Wildman–Crippen MR) is 200 cm³/mol. The van der Waals surface area contributed by atoms with E-state index in [1.807, 2.05) is 42.5 Å². The highest BCUT2D eigenvalue weighted by Gasteiger charge is 2.26. The topological polar surface area (TPSA) is 81.2 Å². The van der Waals surface area contributed by atoms with Crippen LogP contribution in [0.4, 0.5) is 0 Å². The monoisotopic (exact) mass is 637 g/mol. The van der Waals surface area contributed by atoms with Gasteiger partial charge in [-0.1, -0.05) is 78.9 Å². The fourth-order valence-electron chi connectivity index (χ4n) is 7.79. The number of benzene rings is 6. The molecule has 6 aromatic carbocycles. The Bertz CT molecular complexity index is 2810. The Morgan fingerprint density at radius 2 is 1.18 bits per heavy atom. The smallest absolute Gasteiger partial charge is 0.0998 e. The molecule has 2 aromatic heterocycles. The van der Waals surface area contributed by atoms with Crippen molar-refractivity contribution in [3.05, 3.63) is 162 Å². The van der Waals surface area contributed by atoms with Crippen molar-refractivity contribution < 1.29 is 0 Å². The van der Waals surface area contributed by atoms with E-state index in [1.165, 1.54) is 10.8 Å². The van der Waals surface area contributed by atoms with Gasteiger partial charge in [0.05, 0.1) is 57.1 Å². The van der Waals surface area contributed by atoms with E-state index in [0.29, 0.717) is 16.7 Å². The second-order valence-corrected chi connectivity index (χ2v) is 12.6. The first kappa shape index (κ1) is 29.0. The lowest BCUT2D eigenvalue weighted by atomic mass is 9.93. The van der Waals surface area contributed by atoms with Gasteiger partial charge < -0.3 is 9.13 Å². The number of fused-ring (bicyclic) bond motifs is 6. The third-order valence-electron chi connectivity index (χ3n) is 9.89. The normalized spacial score (nSPS) is 12.3. The molecule has 0 fully saturated rings. The van der Waals surface area contributed by atoms with Crippen LogP contribution < -0.4 is 0 Å². The zero-order valence-electron chi connectivity index (χ0n) is 26.9. The Morgan fingerprint density at radius 3 is 1.92 bits per heavy atom. The molecule has 0 atom stereocenters. The molecule has 9 rings (SSSR count). The summed E-state index contributed by atoms with van der Waals surface area (Å²) in [5.41, 5.74) is 12.6. The van der Waals surface area contributed by atoms with Crippen molar-refractivity contribution in [2.75, 3.05) is 0 Å². The second kappa shape index (κ2) is 11.5. The summed E-state index contributed by atoms with van der Waals surface area (Å²) in [5.74, 6) is 0. The molecule has 0 spiro atoms. The van der Waals surface area contributed by atoms with Gasteiger partial charge in [0.2, 0.25) is 0 Å². The van der Waals surface area contributed by atoms with Crippen molar-refractivity contribution >= 4 is 38.3 Å². The summed E-state index contributed by atoms with van der Waals surface area (Å²) in [6.45, 7) is 0. The average molecular weight is 638 g/mol. The van der Waals surface area contributed by atoms with Crippen molar-refractivity contribution in [2.45, 2.75) is 12.8 Å². The van der Waals surface area contributed by atoms with Crippen LogP contribution in [-0.4, -0.2) is 9.13 Å². The lowest BCUT2D eigenvalue weighted by molar-refractivity contribution is 0.886. The van der Waals surface area contributed by atoms with E-state index < -0.39 is 0 Å². The summed E-state index contributed by atoms with van der Waals surface area (Å²) in [4.78, 5) is 0. The van der Waals surface area contributed by atoms with E-state index in [-0.39, 0.29) is 0 Å². The highest BCUT2D eigenvalue weighted by atomic mass is 15.0. The first-order chi connectivity index (χ1) is 24.7. The molecular weight excluding hydrogens is 611 g/mol. The van der Waals surface area contributed by atoms with E-state index in [0.717, 1.165) is 79.7 Å². The van der Waals surface area contributed by atoms with Crippen LogP contribution >= 0.6 is 0 Å². The van der Waals surface area contributed by atoms with Gasteiger partial charge in [0.25, 0.3) is 0 Å². The molecule has 1 aliphatic carbocycles. The maximum atomic E-state index is 10.5. The molecule has 5 heteroatoms. The standard InChI is InChI=1S/C45H27N5/c46-26-29-21-22-41-38(23-29)45-34(28-48)13-8-20-43(45)50(41)42-19-7-12-33(27-47)44(42)32-11-5-9-30(24-32)31-10-6-14-35(25-31)49-39-17-3-1-15-36(39)37-16-2-4-18-40(37)49/h1-7,9-19,21-25H,8,20H2. The SMILES string of the molecule is N#CC1=CCCc2c1c1cc(C#N)ccc1n2-c1cccc(C#N)c1-c1cccc(-c2cccc(-n3c4ccccc4c4ccccc43)c2)c1. The Balaban J connectivity index is 1.23. The third kappa shape index (κ3) is 4.37. The fourth-order valence-corrected chi connectivity index (χ4v) is 7.79. The Hall–Kier alpha value is -7.13. The number of nitriles is 3. The van der Waals surface area contributed by atoms with E-state index in [4.69, 9.17) is 0 Å². The van der Waals surface area contributed by atoms with Crippen molar-refractivity contribution in [3.8, 4) is 51.8 Å². The highest BCUT2D eigenvalue weighted by molar-refractivity contribution is 6.09. The van der Waals surface area contributed by atoms with Crippen molar-refractivity contribution in [2.24, 2.45) is 0 Å². The first-order valence-corrected chi connectivity index (χ1v) is 16.6. The van der Waals surface area contributed by atoms with Crippen molar-refractivity contribution in [3.63, 3.8) is 0 Å². The number of hydrogen-bond acceptors (Lipinski definition) is 3. The molecule has 0 aliphatic heterocycles. The summed E-state index contributed by atoms with van der Waals surface area (Å²) in [6, 6.07) is 52.6. The Kier molecular flexibility index (Phi) is 6.70. The van der Waals surface area contributed by atoms with Gasteiger partial charge in [-0.05, 0) is 90.2 Å². The molecular formula is C45H27N5. The van der Waals surface area contributed by atoms with Gasteiger partial charge in [0.15, 0.2) is 0 Å². The minimum atomic E-state index is 0.544. The molecule has 0 radical (unpaired) electrons. The van der Waals surface area contributed by atoms with Gasteiger partial charge in [-0.25, -0.2) is 0 Å². The lowest BCUT2D eigenvalue weighted by Gasteiger charge is -2.19. The van der Waals surface area contributed by atoms with Crippen molar-refractivity contribution in [1.29, 1.82) is 15.8 Å². The summed E-state index contributed by atoms with van der Waals surface area (Å²) in [5, 5.41) is 33.6. The number of para-hydroxylation sites is 2. The molecule has 5 nitrogen and oxygen atoms in total. The molecule has 0 saturated carbocycles. The number of hydrogen-bond donors (Lipinski definition) is 0. The lowest BCUT2D eigenvalue weighted by Crippen LogP contribution is -2.07. The quantitative estimate of drug-likeness (QED) is 0.193. The fraction of sp³-hybridized carbons (Fsp3) is 0.0444. The van der Waals surface area contributed by atoms with Gasteiger partial charge in [-0.2, -0.15) is 15.8 Å². The number of nitrogens with zero attached hydrogens (tertiary/aromatic N) is 5. The second-order valence-electron chi connectivity index (χ2n) is 12.6. The molecule has 0 unspecified atom stereocenters. The summed E-state index contributed by atoms with van der Waals surface area (Å²) in [7, 11) is 0. The largest absolute Gasteiger partial charge is 0.312 e. The summed E-state index contributed by atoms with van der Waals surface area (Å²) in [6.07, 6.45) is 3.46. The summed E-state index contributed by atoms with van der Waals surface area (Å²) >= 11 is 0. The molecule has 2 heterocycles. The zero-order chi connectivity index (χ0) is 33.8. The molecule has 0 saturated heterocycles. The molecule has 8 aromatic rings. The van der Waals surface area contributed by atoms with E-state index in [2.05, 4.69) is 124 Å². The van der Waals surface area contributed by atoms with Crippen LogP contribution in [0.2, 0.25) is 0 Å². The van der Waals surface area contributed by atoms with Crippen molar-refractivity contribution in [1.82, 2.24) is 9.13 Å². The van der Waals surface area contributed by atoms with Gasteiger partial charge >= 0.3 is 0 Å². The number of rotatable bonds is 4. The van der Waals surface area contributed by atoms with Crippen LogP contribution in [0, 0.1) is 34.0 Å². The molecule has 0 bridgehead atoms. The van der Waals surface area contributed by atoms with Gasteiger partial charge in [-0.15, -0.1) is 0 Å². The van der Waals surface area contributed by atoms with Gasteiger partial charge in [-0.3, -0.25) is 0 Å². The molecule has 232 valence electrons. The van der Waals surface area contributed by atoms with Crippen LogP contribution in [0.15, 0.2) is 140 Å². The van der Waals surface area contributed by atoms with E-state index in [1.54, 1.807) is 0 Å². The van der Waals surface area contributed by atoms with Gasteiger partial charge in [0, 0.05) is 38.7 Å². The van der Waals surface area contributed by atoms with Crippen LogP contribution in [0.1, 0.15) is 28.8 Å². The third-order valence-corrected chi connectivity index (χ3v) is 9.89. The average Bonchev–Trinajstić information content (AvgIpc) is 3.70. The molecule has 0 N–H and O–H groups in total. The first-order valence-electron chi connectivity index (χ1n) is 16.6. The highest BCUT2D eigenvalue weighted by Crippen LogP contribution is 2.42. The Labute approximate surface area is 289 Å². The minimum absolute atomic E-state index is 0.544. The van der Waals surface area contributed by atoms with E-state index >= 15 is 0 Å². The molecule has 1 aliphatic rings. The molecule has 50 heavy (non-hydrogen) atoms. The molecule has 0 amide bonds. The minimum Gasteiger partial charge on any atom is -0.312 e. The predicted octanol–water partition coefficient (Wildman–Crippen LogP) is 10.7. The van der Waals surface area contributed by atoms with Crippen LogP contribution in [0.5, 0.6) is 0 Å². The number of allylic oxidation sites excluding steroid dienone is 2.